The first-order valence-electron chi connectivity index (χ1n) is 10.2. The molecule has 4 heterocycles. The Kier molecular flexibility index (Phi) is 12.8. The third kappa shape index (κ3) is 6.95. The number of ether oxygens (including phenoxy) is 1. The maximum Gasteiger partial charge on any atom is 1.00 e. The van der Waals surface area contributed by atoms with Crippen molar-refractivity contribution in [2.75, 3.05) is 27.3 Å². The first kappa shape index (κ1) is 28.0. The number of rotatable bonds is 5. The number of likely N-dealkylation sites (tertiary alicyclic amines) is 1. The number of nitrogens with one attached hydrogen (secondary N) is 3. The van der Waals surface area contributed by atoms with Crippen molar-refractivity contribution in [2.45, 2.75) is 38.8 Å². The molecular weight excluding hydrogens is 424 g/mol. The van der Waals surface area contributed by atoms with Crippen LogP contribution < -0.4 is 66.5 Å². The molecular formula is C22H31FKN5O2. The largest absolute Gasteiger partial charge is 1.00 e. The molecule has 0 aromatic carbocycles. The average Bonchev–Trinajstić information content (AvgIpc) is 3.41. The Morgan fingerprint density at radius 1 is 1.26 bits per heavy atom. The van der Waals surface area contributed by atoms with Gasteiger partial charge in [0, 0.05) is 54.8 Å². The Labute approximate surface area is 226 Å². The van der Waals surface area contributed by atoms with Gasteiger partial charge in [-0.15, -0.1) is 0 Å². The number of aromatic amines is 1. The Bertz CT molecular complexity index is 846. The van der Waals surface area contributed by atoms with Crippen LogP contribution in [0.5, 0.6) is 5.88 Å². The van der Waals surface area contributed by atoms with Crippen molar-refractivity contribution in [1.29, 1.82) is 5.41 Å². The molecule has 2 bridgehead atoms. The Morgan fingerprint density at radius 3 is 2.48 bits per heavy atom. The summed E-state index contributed by atoms with van der Waals surface area (Å²) in [5.74, 6) is -0.0211. The van der Waals surface area contributed by atoms with Gasteiger partial charge in [0.1, 0.15) is 5.82 Å². The van der Waals surface area contributed by atoms with Gasteiger partial charge in [-0.25, -0.2) is 9.37 Å². The third-order valence-corrected chi connectivity index (χ3v) is 5.11. The third-order valence-electron chi connectivity index (χ3n) is 5.11. The molecule has 3 N–H and O–H groups in total. The van der Waals surface area contributed by atoms with Crippen molar-refractivity contribution in [3.63, 3.8) is 0 Å². The molecule has 4 rings (SSSR count). The van der Waals surface area contributed by atoms with Crippen LogP contribution in [0.3, 0.4) is 0 Å². The van der Waals surface area contributed by atoms with E-state index in [0.717, 1.165) is 37.2 Å². The minimum Gasteiger partial charge on any atom is -0.857 e. The second-order valence-electron chi connectivity index (χ2n) is 6.77. The van der Waals surface area contributed by atoms with Crippen LogP contribution in [0.15, 0.2) is 30.6 Å². The molecule has 9 heteroatoms. The predicted octanol–water partition coefficient (Wildman–Crippen LogP) is -0.342. The van der Waals surface area contributed by atoms with E-state index in [1.54, 1.807) is 18.3 Å². The SMILES string of the molecule is CC.COc1cc(-c2c[nH]c(/C(=C\C=N)N3CC4CCC(C3)N4)c2)c(F)cn1.C[O-].[K+]. The van der Waals surface area contributed by atoms with Crippen molar-refractivity contribution in [3.05, 3.63) is 42.1 Å². The molecule has 0 aliphatic carbocycles. The number of halogens is 1. The van der Waals surface area contributed by atoms with Crippen LogP contribution >= 0.6 is 0 Å². The van der Waals surface area contributed by atoms with Gasteiger partial charge in [-0.05, 0) is 25.0 Å². The second kappa shape index (κ2) is 14.2. The first-order valence-corrected chi connectivity index (χ1v) is 10.2. The quantitative estimate of drug-likeness (QED) is 0.423. The number of piperazine rings is 1. The van der Waals surface area contributed by atoms with Crippen LogP contribution in [0.1, 0.15) is 32.4 Å². The molecule has 0 saturated carbocycles. The van der Waals surface area contributed by atoms with Gasteiger partial charge in [-0.3, -0.25) is 0 Å². The summed E-state index contributed by atoms with van der Waals surface area (Å²) in [4.78, 5) is 9.44. The zero-order chi connectivity index (χ0) is 22.1. The summed E-state index contributed by atoms with van der Waals surface area (Å²) in [5, 5.41) is 19.4. The van der Waals surface area contributed by atoms with E-state index < -0.39 is 5.82 Å². The number of H-pyrrole nitrogens is 1. The van der Waals surface area contributed by atoms with Crippen LogP contribution in [0.4, 0.5) is 4.39 Å². The van der Waals surface area contributed by atoms with Crippen molar-refractivity contribution >= 4 is 11.9 Å². The van der Waals surface area contributed by atoms with E-state index >= 15 is 0 Å². The van der Waals surface area contributed by atoms with Crippen molar-refractivity contribution < 1.29 is 65.6 Å². The molecule has 2 aromatic heterocycles. The number of hydrogen-bond donors (Lipinski definition) is 3. The molecule has 164 valence electrons. The topological polar surface area (TPSA) is 100 Å². The summed E-state index contributed by atoms with van der Waals surface area (Å²) in [6.07, 6.45) is 8.43. The zero-order valence-electron chi connectivity index (χ0n) is 19.0. The molecule has 2 aromatic rings. The van der Waals surface area contributed by atoms with E-state index in [9.17, 15) is 4.39 Å². The van der Waals surface area contributed by atoms with Crippen LogP contribution in [0.2, 0.25) is 0 Å². The smallest absolute Gasteiger partial charge is 0.857 e. The molecule has 2 fully saturated rings. The van der Waals surface area contributed by atoms with Crippen LogP contribution in [0.25, 0.3) is 16.8 Å². The first-order chi connectivity index (χ1) is 14.7. The average molecular weight is 456 g/mol. The second-order valence-corrected chi connectivity index (χ2v) is 6.77. The molecule has 0 radical (unpaired) electrons. The van der Waals surface area contributed by atoms with E-state index in [2.05, 4.69) is 20.2 Å². The summed E-state index contributed by atoms with van der Waals surface area (Å²) in [7, 11) is 2.26. The summed E-state index contributed by atoms with van der Waals surface area (Å²) >= 11 is 0. The van der Waals surface area contributed by atoms with Crippen molar-refractivity contribution in [3.8, 4) is 17.0 Å². The number of allylic oxidation sites excluding steroid dienone is 1. The number of nitrogens with zero attached hydrogens (tertiary/aromatic N) is 2. The maximum absolute atomic E-state index is 14.2. The van der Waals surface area contributed by atoms with Gasteiger partial charge >= 0.3 is 51.4 Å². The molecule has 31 heavy (non-hydrogen) atoms. The monoisotopic (exact) mass is 455 g/mol. The summed E-state index contributed by atoms with van der Waals surface area (Å²) in [6, 6.07) is 4.50. The van der Waals surface area contributed by atoms with E-state index in [1.807, 2.05) is 19.9 Å². The van der Waals surface area contributed by atoms with Crippen LogP contribution in [-0.2, 0) is 0 Å². The van der Waals surface area contributed by atoms with E-state index in [0.29, 0.717) is 23.5 Å². The van der Waals surface area contributed by atoms with Crippen LogP contribution in [0, 0.1) is 11.2 Å². The minimum atomic E-state index is -0.394. The van der Waals surface area contributed by atoms with Crippen LogP contribution in [-0.4, -0.2) is 60.5 Å². The zero-order valence-corrected chi connectivity index (χ0v) is 22.2. The summed E-state index contributed by atoms with van der Waals surface area (Å²) < 4.78 is 19.3. The molecule has 2 saturated heterocycles. The number of aromatic nitrogens is 2. The fourth-order valence-electron chi connectivity index (χ4n) is 3.89. The van der Waals surface area contributed by atoms with Crippen molar-refractivity contribution in [1.82, 2.24) is 20.2 Å². The molecule has 0 spiro atoms. The van der Waals surface area contributed by atoms with Gasteiger partial charge in [0.05, 0.1) is 24.7 Å². The molecule has 7 nitrogen and oxygen atoms in total. The van der Waals surface area contributed by atoms with E-state index in [1.165, 1.54) is 32.4 Å². The maximum atomic E-state index is 14.2. The van der Waals surface area contributed by atoms with E-state index in [4.69, 9.17) is 15.3 Å². The molecule has 0 amide bonds. The molecule has 2 aliphatic heterocycles. The van der Waals surface area contributed by atoms with Gasteiger partial charge in [-0.2, -0.15) is 7.11 Å². The van der Waals surface area contributed by atoms with Gasteiger partial charge in [0.15, 0.2) is 0 Å². The minimum absolute atomic E-state index is 0. The van der Waals surface area contributed by atoms with Gasteiger partial charge in [0.2, 0.25) is 5.88 Å². The standard InChI is InChI=1S/C19H22FN5O.C2H6.CH3O.K/c1-26-19-7-15(16(20)9-23-19)12-6-17(22-8-12)18(4-5-21)25-10-13-2-3-14(11-25)24-13;2*1-2;/h4-9,13-14,21-22,24H,2-3,10-11H2,1H3;1-2H3;1H3;/q;;-1;+1/b18-4+,21-5?;;;. The van der Waals surface area contributed by atoms with E-state index in [-0.39, 0.29) is 51.4 Å². The number of pyridine rings is 1. The van der Waals surface area contributed by atoms with Gasteiger partial charge < -0.3 is 30.5 Å². The Balaban J connectivity index is 0.000000910. The summed E-state index contributed by atoms with van der Waals surface area (Å²) in [6.45, 7) is 5.84. The Morgan fingerprint density at radius 2 is 1.90 bits per heavy atom. The number of hydrogen-bond acceptors (Lipinski definition) is 6. The number of methoxy groups -OCH3 is 1. The summed E-state index contributed by atoms with van der Waals surface area (Å²) in [5.41, 5.74) is 3.01. The predicted molar refractivity (Wildman–Crippen MR) is 116 cm³/mol. The molecule has 2 aliphatic rings. The molecule has 2 unspecified atom stereocenters. The molecule has 2 atom stereocenters. The van der Waals surface area contributed by atoms with Gasteiger partial charge in [-0.1, -0.05) is 13.8 Å². The van der Waals surface area contributed by atoms with Gasteiger partial charge in [0.25, 0.3) is 0 Å². The fraction of sp³-hybridized carbons (Fsp3) is 0.455. The number of fused-ring (bicyclic) bond motifs is 2. The van der Waals surface area contributed by atoms with Crippen molar-refractivity contribution in [2.24, 2.45) is 0 Å². The normalized spacial score (nSPS) is 19.3. The fourth-order valence-corrected chi connectivity index (χ4v) is 3.89. The Hall–Kier alpha value is -1.07.